The van der Waals surface area contributed by atoms with Crippen LogP contribution in [0.1, 0.15) is 29.7 Å². The molecule has 3 heterocycles. The fourth-order valence-corrected chi connectivity index (χ4v) is 5.27. The van der Waals surface area contributed by atoms with Gasteiger partial charge in [-0.2, -0.15) is 18.2 Å². The van der Waals surface area contributed by atoms with Gasteiger partial charge in [0.1, 0.15) is 6.33 Å². The minimum atomic E-state index is -4.50. The van der Waals surface area contributed by atoms with Crippen molar-refractivity contribution in [3.8, 4) is 17.2 Å². The van der Waals surface area contributed by atoms with E-state index >= 15 is 0 Å². The lowest BCUT2D eigenvalue weighted by Crippen LogP contribution is -2.31. The number of thioether (sulfide) groups is 1. The zero-order valence-corrected chi connectivity index (χ0v) is 24.5. The molecule has 5 rings (SSSR count). The largest absolute Gasteiger partial charge is 0.417 e. The number of pyridine rings is 1. The number of carbonyl (C=O) groups is 2. The number of benzene rings is 2. The molecule has 1 unspecified atom stereocenters. The molecule has 0 aliphatic carbocycles. The zero-order chi connectivity index (χ0) is 30.9. The summed E-state index contributed by atoms with van der Waals surface area (Å²) >= 11 is 7.58. The molecule has 1 saturated heterocycles. The van der Waals surface area contributed by atoms with Crippen molar-refractivity contribution in [1.29, 1.82) is 0 Å². The Kier molecular flexibility index (Phi) is 8.53. The average Bonchev–Trinajstić information content (AvgIpc) is 3.60. The zero-order valence-electron chi connectivity index (χ0n) is 22.9. The van der Waals surface area contributed by atoms with Crippen molar-refractivity contribution >= 4 is 51.8 Å². The molecule has 43 heavy (non-hydrogen) atoms. The molecule has 4 aromatic rings. The van der Waals surface area contributed by atoms with Crippen LogP contribution in [0.4, 0.5) is 29.3 Å². The van der Waals surface area contributed by atoms with E-state index < -0.39 is 17.8 Å². The Hall–Kier alpha value is -4.27. The molecule has 0 spiro atoms. The third-order valence-electron chi connectivity index (χ3n) is 6.45. The van der Waals surface area contributed by atoms with E-state index in [0.717, 1.165) is 29.0 Å². The Morgan fingerprint density at radius 3 is 2.63 bits per heavy atom. The lowest BCUT2D eigenvalue weighted by Gasteiger charge is -2.23. The highest BCUT2D eigenvalue weighted by molar-refractivity contribution is 8.15. The highest BCUT2D eigenvalue weighted by Crippen LogP contribution is 2.35. The first-order chi connectivity index (χ1) is 20.4. The maximum absolute atomic E-state index is 12.9. The van der Waals surface area contributed by atoms with E-state index in [-0.39, 0.29) is 45.3 Å². The number of carbonyl (C=O) groups excluding carboxylic acids is 2. The molecule has 1 aliphatic heterocycles. The van der Waals surface area contributed by atoms with Crippen LogP contribution in [0.3, 0.4) is 0 Å². The van der Waals surface area contributed by atoms with Gasteiger partial charge in [0.25, 0.3) is 0 Å². The van der Waals surface area contributed by atoms with Gasteiger partial charge >= 0.3 is 12.2 Å². The number of methoxy groups -OCH3 is 1. The van der Waals surface area contributed by atoms with Gasteiger partial charge in [-0.15, -0.1) is 5.10 Å². The third kappa shape index (κ3) is 6.55. The van der Waals surface area contributed by atoms with Crippen LogP contribution in [0.15, 0.2) is 66.0 Å². The number of anilines is 2. The number of nitrogens with zero attached hydrogens (tertiary/aromatic N) is 6. The summed E-state index contributed by atoms with van der Waals surface area (Å²) < 4.78 is 45.2. The summed E-state index contributed by atoms with van der Waals surface area (Å²) in [7, 11) is 1.57. The average molecular weight is 630 g/mol. The molecule has 0 saturated carbocycles. The van der Waals surface area contributed by atoms with Crippen LogP contribution >= 0.6 is 23.4 Å². The number of hydrogen-bond acceptors (Lipinski definition) is 7. The van der Waals surface area contributed by atoms with E-state index in [1.165, 1.54) is 34.1 Å². The fraction of sp³-hybridized carbons (Fsp3) is 0.214. The monoisotopic (exact) mass is 629 g/mol. The highest BCUT2D eigenvalue weighted by atomic mass is 35.5. The van der Waals surface area contributed by atoms with Crippen LogP contribution in [-0.2, 0) is 15.7 Å². The second-order valence-corrected chi connectivity index (χ2v) is 10.7. The standard InChI is InChI=1S/C28H23ClF3N7O3S/c1-15-4-7-19(16(2)42-3)22(10-15)39-24(40)13-43-27(39)36-26(41)35-21-8-5-17(11-20(21)29)25-34-14-38(37-25)23-9-6-18(12-33-23)28(30,31)32/h4-12,14,16H,13H2,1-3H3,(H,35,41). The molecular formula is C28H23ClF3N7O3S. The Morgan fingerprint density at radius 1 is 1.16 bits per heavy atom. The van der Waals surface area contributed by atoms with Crippen molar-refractivity contribution in [2.24, 2.45) is 4.99 Å². The van der Waals surface area contributed by atoms with E-state index in [2.05, 4.69) is 25.4 Å². The number of amidine groups is 1. The third-order valence-corrected chi connectivity index (χ3v) is 7.69. The molecule has 15 heteroatoms. The lowest BCUT2D eigenvalue weighted by molar-refractivity contribution is -0.137. The fourth-order valence-electron chi connectivity index (χ4n) is 4.18. The quantitative estimate of drug-likeness (QED) is 0.253. The number of nitrogens with one attached hydrogen (secondary N) is 1. The number of amides is 3. The molecule has 1 fully saturated rings. The van der Waals surface area contributed by atoms with Gasteiger partial charge in [0.2, 0.25) is 5.91 Å². The molecule has 1 N–H and O–H groups in total. The molecule has 0 bridgehead atoms. The SMILES string of the molecule is COC(C)c1ccc(C)cc1N1C(=O)CSC1=NC(=O)Nc1ccc(-c2ncn(-c3ccc(C(F)(F)F)cn3)n2)cc1Cl. The number of hydrogen-bond donors (Lipinski definition) is 1. The lowest BCUT2D eigenvalue weighted by atomic mass is 10.0. The van der Waals surface area contributed by atoms with Crippen LogP contribution in [0.25, 0.3) is 17.2 Å². The van der Waals surface area contributed by atoms with E-state index in [4.69, 9.17) is 16.3 Å². The van der Waals surface area contributed by atoms with Crippen LogP contribution in [0, 0.1) is 6.92 Å². The summed E-state index contributed by atoms with van der Waals surface area (Å²) in [6.07, 6.45) is -2.77. The van der Waals surface area contributed by atoms with Crippen LogP contribution < -0.4 is 10.2 Å². The first-order valence-corrected chi connectivity index (χ1v) is 14.0. The van der Waals surface area contributed by atoms with Gasteiger partial charge in [-0.25, -0.2) is 19.4 Å². The first kappa shape index (κ1) is 30.2. The minimum Gasteiger partial charge on any atom is -0.377 e. The second-order valence-electron chi connectivity index (χ2n) is 9.39. The first-order valence-electron chi connectivity index (χ1n) is 12.7. The summed E-state index contributed by atoms with van der Waals surface area (Å²) in [5.74, 6) is 0.287. The van der Waals surface area contributed by atoms with E-state index in [1.807, 2.05) is 32.0 Å². The minimum absolute atomic E-state index is 0.123. The predicted octanol–water partition coefficient (Wildman–Crippen LogP) is 6.69. The Morgan fingerprint density at radius 2 is 1.95 bits per heavy atom. The van der Waals surface area contributed by atoms with Crippen LogP contribution in [0.2, 0.25) is 5.02 Å². The molecule has 2 aromatic heterocycles. The van der Waals surface area contributed by atoms with Gasteiger partial charge in [-0.05, 0) is 55.8 Å². The van der Waals surface area contributed by atoms with Crippen LogP contribution in [0.5, 0.6) is 0 Å². The van der Waals surface area contributed by atoms with Crippen molar-refractivity contribution in [1.82, 2.24) is 19.7 Å². The van der Waals surface area contributed by atoms with Gasteiger partial charge in [0.15, 0.2) is 16.8 Å². The van der Waals surface area contributed by atoms with Gasteiger partial charge in [0, 0.05) is 24.4 Å². The number of urea groups is 1. The number of ether oxygens (including phenoxy) is 1. The van der Waals surface area contributed by atoms with Crippen molar-refractivity contribution in [3.05, 3.63) is 82.8 Å². The maximum Gasteiger partial charge on any atom is 0.417 e. The van der Waals surface area contributed by atoms with Crippen molar-refractivity contribution in [3.63, 3.8) is 0 Å². The number of alkyl halides is 3. The number of aryl methyl sites for hydroxylation is 1. The second kappa shape index (κ2) is 12.1. The van der Waals surface area contributed by atoms with Crippen molar-refractivity contribution < 1.29 is 27.5 Å². The summed E-state index contributed by atoms with van der Waals surface area (Å²) in [6.45, 7) is 3.77. The molecule has 3 amide bonds. The molecule has 2 aromatic carbocycles. The molecular weight excluding hydrogens is 607 g/mol. The normalized spacial score (nSPS) is 15.3. The smallest absolute Gasteiger partial charge is 0.377 e. The number of halogens is 4. The molecule has 1 atom stereocenters. The van der Waals surface area contributed by atoms with Crippen LogP contribution in [-0.4, -0.2) is 49.7 Å². The van der Waals surface area contributed by atoms with Crippen molar-refractivity contribution in [2.75, 3.05) is 23.1 Å². The topological polar surface area (TPSA) is 115 Å². The number of aliphatic imine (C=N–C) groups is 1. The summed E-state index contributed by atoms with van der Waals surface area (Å²) in [6, 6.07) is 11.7. The molecule has 1 aliphatic rings. The van der Waals surface area contributed by atoms with Crippen molar-refractivity contribution in [2.45, 2.75) is 26.1 Å². The summed E-state index contributed by atoms with van der Waals surface area (Å²) in [5, 5.41) is 7.28. The summed E-state index contributed by atoms with van der Waals surface area (Å²) in [4.78, 5) is 39.3. The van der Waals surface area contributed by atoms with Gasteiger partial charge in [0.05, 0.1) is 33.8 Å². The molecule has 222 valence electrons. The number of aromatic nitrogens is 4. The van der Waals surface area contributed by atoms with Gasteiger partial charge < -0.3 is 10.1 Å². The van der Waals surface area contributed by atoms with Gasteiger partial charge in [-0.3, -0.25) is 9.69 Å². The molecule has 10 nitrogen and oxygen atoms in total. The van der Waals surface area contributed by atoms with E-state index in [9.17, 15) is 22.8 Å². The van der Waals surface area contributed by atoms with Gasteiger partial charge in [-0.1, -0.05) is 35.5 Å². The Bertz CT molecular complexity index is 1730. The number of rotatable bonds is 6. The molecule has 0 radical (unpaired) electrons. The highest BCUT2D eigenvalue weighted by Gasteiger charge is 2.33. The van der Waals surface area contributed by atoms with E-state index in [0.29, 0.717) is 17.4 Å². The predicted molar refractivity (Wildman–Crippen MR) is 158 cm³/mol. The maximum atomic E-state index is 12.9. The summed E-state index contributed by atoms with van der Waals surface area (Å²) in [5.41, 5.74) is 2.17. The Balaban J connectivity index is 1.33. The van der Waals surface area contributed by atoms with E-state index in [1.54, 1.807) is 13.2 Å². The Labute approximate surface area is 252 Å².